The van der Waals surface area contributed by atoms with Crippen LogP contribution in [0, 0.1) is 10.1 Å². The average molecular weight is 311 g/mol. The molecule has 2 aromatic rings. The summed E-state index contributed by atoms with van der Waals surface area (Å²) in [7, 11) is -2.36. The zero-order valence-corrected chi connectivity index (χ0v) is 11.9. The predicted octanol–water partition coefficient (Wildman–Crippen LogP) is 0.389. The molecule has 0 aliphatic heterocycles. The van der Waals surface area contributed by atoms with Crippen molar-refractivity contribution in [3.63, 3.8) is 0 Å². The number of nitrogens with zero attached hydrogens (tertiary/aromatic N) is 3. The summed E-state index contributed by atoms with van der Waals surface area (Å²) in [6.07, 6.45) is 3.13. The highest BCUT2D eigenvalue weighted by atomic mass is 32.2. The third-order valence-electron chi connectivity index (χ3n) is 2.69. The Morgan fingerprint density at radius 1 is 1.48 bits per heavy atom. The fraction of sp³-hybridized carbons (Fsp3) is 0.182. The first kappa shape index (κ1) is 14.9. The van der Waals surface area contributed by atoms with E-state index < -0.39 is 25.5 Å². The van der Waals surface area contributed by atoms with E-state index in [2.05, 4.69) is 9.82 Å². The van der Waals surface area contributed by atoms with Crippen LogP contribution in [0.15, 0.2) is 35.5 Å². The molecule has 0 aliphatic rings. The molecule has 0 unspecified atom stereocenters. The van der Waals surface area contributed by atoms with Crippen molar-refractivity contribution in [3.05, 3.63) is 46.3 Å². The number of benzene rings is 1. The van der Waals surface area contributed by atoms with Crippen LogP contribution in [-0.2, 0) is 23.6 Å². The van der Waals surface area contributed by atoms with Crippen LogP contribution >= 0.6 is 0 Å². The van der Waals surface area contributed by atoms with Gasteiger partial charge in [0.25, 0.3) is 5.69 Å². The van der Waals surface area contributed by atoms with Crippen LogP contribution in [-0.4, -0.2) is 23.1 Å². The van der Waals surface area contributed by atoms with Gasteiger partial charge in [-0.1, -0.05) is 0 Å². The SMILES string of the molecule is Cn1cc(CNS(=O)(=O)c2cc(N)ccc2[N+](=O)[O-])cn1. The molecule has 0 aliphatic carbocycles. The number of hydrogen-bond acceptors (Lipinski definition) is 6. The lowest BCUT2D eigenvalue weighted by Gasteiger charge is -2.07. The fourth-order valence-electron chi connectivity index (χ4n) is 1.72. The quantitative estimate of drug-likeness (QED) is 0.466. The number of nitro groups is 1. The van der Waals surface area contributed by atoms with Crippen molar-refractivity contribution in [3.8, 4) is 0 Å². The van der Waals surface area contributed by atoms with Crippen molar-refractivity contribution in [2.24, 2.45) is 7.05 Å². The van der Waals surface area contributed by atoms with E-state index in [4.69, 9.17) is 5.73 Å². The molecular formula is C11H13N5O4S. The number of sulfonamides is 1. The summed E-state index contributed by atoms with van der Waals surface area (Å²) in [5.41, 5.74) is 5.74. The molecule has 9 nitrogen and oxygen atoms in total. The molecule has 0 radical (unpaired) electrons. The standard InChI is InChI=1S/C11H13N5O4S/c1-15-7-8(5-13-15)6-14-21(19,20)11-4-9(12)2-3-10(11)16(17)18/h2-5,7,14H,6,12H2,1H3. The third kappa shape index (κ3) is 3.35. The van der Waals surface area contributed by atoms with Crippen LogP contribution in [0.5, 0.6) is 0 Å². The van der Waals surface area contributed by atoms with Gasteiger partial charge in [-0.05, 0) is 12.1 Å². The van der Waals surface area contributed by atoms with Gasteiger partial charge in [0.15, 0.2) is 4.90 Å². The van der Waals surface area contributed by atoms with Crippen molar-refractivity contribution in [2.75, 3.05) is 5.73 Å². The molecule has 1 aromatic heterocycles. The normalized spacial score (nSPS) is 11.5. The zero-order chi connectivity index (χ0) is 15.6. The Balaban J connectivity index is 2.31. The Hall–Kier alpha value is -2.46. The first-order valence-electron chi connectivity index (χ1n) is 5.81. The Kier molecular flexibility index (Phi) is 3.91. The number of nitrogens with two attached hydrogens (primary N) is 1. The summed E-state index contributed by atoms with van der Waals surface area (Å²) in [5, 5.41) is 14.8. The van der Waals surface area contributed by atoms with E-state index in [1.807, 2.05) is 0 Å². The fourth-order valence-corrected chi connectivity index (χ4v) is 2.94. The van der Waals surface area contributed by atoms with Gasteiger partial charge in [0.2, 0.25) is 10.0 Å². The van der Waals surface area contributed by atoms with Gasteiger partial charge in [0.1, 0.15) is 0 Å². The molecular weight excluding hydrogens is 298 g/mol. The Morgan fingerprint density at radius 2 is 2.19 bits per heavy atom. The Bertz CT molecular complexity index is 784. The molecule has 1 aromatic carbocycles. The molecule has 21 heavy (non-hydrogen) atoms. The topological polar surface area (TPSA) is 133 Å². The average Bonchev–Trinajstić information content (AvgIpc) is 2.82. The molecule has 1 heterocycles. The van der Waals surface area contributed by atoms with Gasteiger partial charge in [-0.25, -0.2) is 13.1 Å². The summed E-state index contributed by atoms with van der Waals surface area (Å²) in [5.74, 6) is 0. The van der Waals surface area contributed by atoms with Crippen LogP contribution in [0.25, 0.3) is 0 Å². The van der Waals surface area contributed by atoms with Gasteiger partial charge >= 0.3 is 0 Å². The van der Waals surface area contributed by atoms with E-state index in [0.717, 1.165) is 12.1 Å². The van der Waals surface area contributed by atoms with Crippen LogP contribution in [0.1, 0.15) is 5.56 Å². The molecule has 112 valence electrons. The second-order valence-corrected chi connectivity index (χ2v) is 6.07. The lowest BCUT2D eigenvalue weighted by atomic mass is 10.3. The number of nitro benzene ring substituents is 1. The maximum atomic E-state index is 12.2. The van der Waals surface area contributed by atoms with Gasteiger partial charge in [-0.15, -0.1) is 0 Å². The first-order chi connectivity index (χ1) is 9.79. The van der Waals surface area contributed by atoms with Crippen LogP contribution in [0.2, 0.25) is 0 Å². The summed E-state index contributed by atoms with van der Waals surface area (Å²) < 4.78 is 28.2. The Morgan fingerprint density at radius 3 is 2.76 bits per heavy atom. The number of rotatable bonds is 5. The minimum Gasteiger partial charge on any atom is -0.399 e. The molecule has 0 atom stereocenters. The molecule has 3 N–H and O–H groups in total. The van der Waals surface area contributed by atoms with E-state index in [-0.39, 0.29) is 12.2 Å². The largest absolute Gasteiger partial charge is 0.399 e. The second-order valence-electron chi connectivity index (χ2n) is 4.33. The second kappa shape index (κ2) is 5.50. The number of nitrogen functional groups attached to an aromatic ring is 1. The molecule has 0 saturated carbocycles. The number of anilines is 1. The summed E-state index contributed by atoms with van der Waals surface area (Å²) in [6, 6.07) is 3.40. The molecule has 0 saturated heterocycles. The van der Waals surface area contributed by atoms with Gasteiger partial charge in [-0.2, -0.15) is 5.10 Å². The lowest BCUT2D eigenvalue weighted by Crippen LogP contribution is -2.24. The van der Waals surface area contributed by atoms with Crippen molar-refractivity contribution in [1.29, 1.82) is 0 Å². The summed E-state index contributed by atoms with van der Waals surface area (Å²) in [6.45, 7) is -0.0257. The van der Waals surface area contributed by atoms with E-state index >= 15 is 0 Å². The van der Waals surface area contributed by atoms with Crippen LogP contribution in [0.4, 0.5) is 11.4 Å². The number of hydrogen-bond donors (Lipinski definition) is 2. The van der Waals surface area contributed by atoms with Gasteiger partial charge in [0, 0.05) is 37.1 Å². The van der Waals surface area contributed by atoms with Gasteiger partial charge in [0.05, 0.1) is 11.1 Å². The smallest absolute Gasteiger partial charge is 0.289 e. The van der Waals surface area contributed by atoms with Crippen molar-refractivity contribution in [1.82, 2.24) is 14.5 Å². The molecule has 2 rings (SSSR count). The number of aryl methyl sites for hydroxylation is 1. The van der Waals surface area contributed by atoms with Crippen molar-refractivity contribution in [2.45, 2.75) is 11.4 Å². The number of nitrogens with one attached hydrogen (secondary N) is 1. The minimum absolute atomic E-state index is 0.0257. The first-order valence-corrected chi connectivity index (χ1v) is 7.29. The monoisotopic (exact) mass is 311 g/mol. The number of aromatic nitrogens is 2. The maximum absolute atomic E-state index is 12.2. The zero-order valence-electron chi connectivity index (χ0n) is 11.1. The molecule has 0 spiro atoms. The van der Waals surface area contributed by atoms with E-state index in [0.29, 0.717) is 5.56 Å². The van der Waals surface area contributed by atoms with Crippen molar-refractivity contribution >= 4 is 21.4 Å². The van der Waals surface area contributed by atoms with Gasteiger partial charge in [-0.3, -0.25) is 14.8 Å². The van der Waals surface area contributed by atoms with Crippen LogP contribution < -0.4 is 10.5 Å². The highest BCUT2D eigenvalue weighted by Crippen LogP contribution is 2.25. The van der Waals surface area contributed by atoms with Gasteiger partial charge < -0.3 is 5.73 Å². The predicted molar refractivity (Wildman–Crippen MR) is 74.7 cm³/mol. The molecule has 0 amide bonds. The summed E-state index contributed by atoms with van der Waals surface area (Å²) in [4.78, 5) is 9.69. The third-order valence-corrected chi connectivity index (χ3v) is 4.13. The Labute approximate surface area is 120 Å². The highest BCUT2D eigenvalue weighted by Gasteiger charge is 2.25. The summed E-state index contributed by atoms with van der Waals surface area (Å²) >= 11 is 0. The highest BCUT2D eigenvalue weighted by molar-refractivity contribution is 7.89. The molecule has 0 fully saturated rings. The van der Waals surface area contributed by atoms with Crippen molar-refractivity contribution < 1.29 is 13.3 Å². The van der Waals surface area contributed by atoms with E-state index in [1.165, 1.54) is 16.9 Å². The van der Waals surface area contributed by atoms with Crippen LogP contribution in [0.3, 0.4) is 0 Å². The van der Waals surface area contributed by atoms with E-state index in [1.54, 1.807) is 13.2 Å². The maximum Gasteiger partial charge on any atom is 0.289 e. The van der Waals surface area contributed by atoms with E-state index in [9.17, 15) is 18.5 Å². The molecule has 0 bridgehead atoms. The lowest BCUT2D eigenvalue weighted by molar-refractivity contribution is -0.387. The minimum atomic E-state index is -4.06. The molecule has 10 heteroatoms.